The van der Waals surface area contributed by atoms with Crippen molar-refractivity contribution in [2.24, 2.45) is 0 Å². The van der Waals surface area contributed by atoms with E-state index in [0.717, 1.165) is 5.69 Å². The highest BCUT2D eigenvalue weighted by Gasteiger charge is 2.30. The first-order valence-electron chi connectivity index (χ1n) is 4.65. The van der Waals surface area contributed by atoms with E-state index >= 15 is 0 Å². The van der Waals surface area contributed by atoms with Crippen LogP contribution in [0.15, 0.2) is 12.3 Å². The lowest BCUT2D eigenvalue weighted by molar-refractivity contribution is -0.146. The summed E-state index contributed by atoms with van der Waals surface area (Å²) >= 11 is 0. The maximum atomic E-state index is 10.9. The highest BCUT2D eigenvalue weighted by molar-refractivity contribution is 5.75. The SMILES string of the molecule is CC(C)c1ccn(C(C)(C)C(=O)O)n1. The summed E-state index contributed by atoms with van der Waals surface area (Å²) in [7, 11) is 0. The summed E-state index contributed by atoms with van der Waals surface area (Å²) in [5.41, 5.74) is -0.0630. The van der Waals surface area contributed by atoms with Crippen LogP contribution in [-0.2, 0) is 10.3 Å². The van der Waals surface area contributed by atoms with Crippen LogP contribution in [0, 0.1) is 0 Å². The van der Waals surface area contributed by atoms with Crippen molar-refractivity contribution in [3.05, 3.63) is 18.0 Å². The lowest BCUT2D eigenvalue weighted by Gasteiger charge is -2.19. The number of rotatable bonds is 3. The van der Waals surface area contributed by atoms with Gasteiger partial charge >= 0.3 is 5.97 Å². The molecule has 1 aromatic heterocycles. The molecule has 78 valence electrons. The normalized spacial score (nSPS) is 12.1. The summed E-state index contributed by atoms with van der Waals surface area (Å²) in [4.78, 5) is 10.9. The maximum Gasteiger partial charge on any atom is 0.331 e. The molecule has 0 spiro atoms. The van der Waals surface area contributed by atoms with Gasteiger partial charge in [0.05, 0.1) is 5.69 Å². The molecule has 1 aromatic rings. The zero-order chi connectivity index (χ0) is 10.9. The van der Waals surface area contributed by atoms with Crippen LogP contribution in [0.25, 0.3) is 0 Å². The fraction of sp³-hybridized carbons (Fsp3) is 0.600. The van der Waals surface area contributed by atoms with Crippen LogP contribution in [0.2, 0.25) is 0 Å². The molecule has 4 heteroatoms. The van der Waals surface area contributed by atoms with Crippen LogP contribution < -0.4 is 0 Å². The molecule has 1 N–H and O–H groups in total. The van der Waals surface area contributed by atoms with Crippen LogP contribution in [0.1, 0.15) is 39.3 Å². The van der Waals surface area contributed by atoms with E-state index in [0.29, 0.717) is 5.92 Å². The molecule has 0 aromatic carbocycles. The third-order valence-electron chi connectivity index (χ3n) is 2.30. The fourth-order valence-corrected chi connectivity index (χ4v) is 1.06. The predicted molar refractivity (Wildman–Crippen MR) is 53.3 cm³/mol. The van der Waals surface area contributed by atoms with Crippen molar-refractivity contribution in [1.82, 2.24) is 9.78 Å². The molecular formula is C10H16N2O2. The molecule has 0 radical (unpaired) electrons. The molecule has 0 unspecified atom stereocenters. The van der Waals surface area contributed by atoms with Gasteiger partial charge in [-0.05, 0) is 25.8 Å². The molecule has 4 nitrogen and oxygen atoms in total. The third kappa shape index (κ3) is 1.78. The Kier molecular flexibility index (Phi) is 2.64. The Bertz CT molecular complexity index is 340. The largest absolute Gasteiger partial charge is 0.479 e. The van der Waals surface area contributed by atoms with Crippen LogP contribution in [0.4, 0.5) is 0 Å². The summed E-state index contributed by atoms with van der Waals surface area (Å²) < 4.78 is 1.49. The van der Waals surface area contributed by atoms with Gasteiger partial charge in [0.2, 0.25) is 0 Å². The number of carboxylic acids is 1. The van der Waals surface area contributed by atoms with E-state index < -0.39 is 11.5 Å². The Morgan fingerprint density at radius 3 is 2.50 bits per heavy atom. The lowest BCUT2D eigenvalue weighted by Crippen LogP contribution is -2.36. The molecule has 0 aliphatic carbocycles. The predicted octanol–water partition coefficient (Wildman–Crippen LogP) is 1.83. The number of carboxylic acid groups (broad SMARTS) is 1. The second kappa shape index (κ2) is 3.44. The topological polar surface area (TPSA) is 55.1 Å². The van der Waals surface area contributed by atoms with E-state index in [-0.39, 0.29) is 0 Å². The summed E-state index contributed by atoms with van der Waals surface area (Å²) in [5.74, 6) is -0.559. The van der Waals surface area contributed by atoms with Gasteiger partial charge in [-0.25, -0.2) is 4.79 Å². The standard InChI is InChI=1S/C10H16N2O2/c1-7(2)8-5-6-12(11-8)10(3,4)9(13)14/h5-7H,1-4H3,(H,13,14). The molecule has 0 fully saturated rings. The number of aromatic nitrogens is 2. The summed E-state index contributed by atoms with van der Waals surface area (Å²) in [6, 6.07) is 1.86. The molecule has 0 aliphatic heterocycles. The fourth-order valence-electron chi connectivity index (χ4n) is 1.06. The van der Waals surface area contributed by atoms with Gasteiger partial charge in [-0.1, -0.05) is 13.8 Å². The minimum Gasteiger partial charge on any atom is -0.479 e. The quantitative estimate of drug-likeness (QED) is 0.802. The Morgan fingerprint density at radius 2 is 2.14 bits per heavy atom. The molecular weight excluding hydrogens is 180 g/mol. The number of hydrogen-bond donors (Lipinski definition) is 1. The summed E-state index contributed by atoms with van der Waals surface area (Å²) in [5, 5.41) is 13.2. The smallest absolute Gasteiger partial charge is 0.331 e. The van der Waals surface area contributed by atoms with Gasteiger partial charge in [0, 0.05) is 6.20 Å². The van der Waals surface area contributed by atoms with Crippen molar-refractivity contribution in [2.75, 3.05) is 0 Å². The molecule has 0 bridgehead atoms. The monoisotopic (exact) mass is 196 g/mol. The first-order chi connectivity index (χ1) is 6.35. The van der Waals surface area contributed by atoms with Crippen LogP contribution >= 0.6 is 0 Å². The average molecular weight is 196 g/mol. The zero-order valence-electron chi connectivity index (χ0n) is 8.98. The molecule has 0 atom stereocenters. The number of carbonyl (C=O) groups is 1. The zero-order valence-corrected chi connectivity index (χ0v) is 8.98. The van der Waals surface area contributed by atoms with Crippen LogP contribution in [0.5, 0.6) is 0 Å². The first kappa shape index (κ1) is 10.8. The Morgan fingerprint density at radius 1 is 1.57 bits per heavy atom. The second-order valence-electron chi connectivity index (χ2n) is 4.20. The Hall–Kier alpha value is -1.32. The van der Waals surface area contributed by atoms with Gasteiger partial charge in [0.25, 0.3) is 0 Å². The maximum absolute atomic E-state index is 10.9. The second-order valence-corrected chi connectivity index (χ2v) is 4.20. The average Bonchev–Trinajstić information content (AvgIpc) is 2.51. The lowest BCUT2D eigenvalue weighted by atomic mass is 10.1. The van der Waals surface area contributed by atoms with E-state index in [1.807, 2.05) is 19.9 Å². The molecule has 0 saturated heterocycles. The van der Waals surface area contributed by atoms with E-state index in [1.165, 1.54) is 4.68 Å². The Balaban J connectivity index is 3.03. The molecule has 0 aliphatic rings. The van der Waals surface area contributed by atoms with Gasteiger partial charge in [0.1, 0.15) is 0 Å². The van der Waals surface area contributed by atoms with Crippen molar-refractivity contribution in [3.8, 4) is 0 Å². The van der Waals surface area contributed by atoms with Crippen LogP contribution in [0.3, 0.4) is 0 Å². The first-order valence-corrected chi connectivity index (χ1v) is 4.65. The van der Waals surface area contributed by atoms with Crippen LogP contribution in [-0.4, -0.2) is 20.9 Å². The molecule has 0 amide bonds. The summed E-state index contributed by atoms with van der Waals surface area (Å²) in [6.07, 6.45) is 1.71. The number of aliphatic carboxylic acids is 1. The van der Waals surface area contributed by atoms with Crippen molar-refractivity contribution < 1.29 is 9.90 Å². The van der Waals surface area contributed by atoms with Gasteiger partial charge in [-0.3, -0.25) is 4.68 Å². The highest BCUT2D eigenvalue weighted by Crippen LogP contribution is 2.17. The van der Waals surface area contributed by atoms with Crippen molar-refractivity contribution in [3.63, 3.8) is 0 Å². The molecule has 14 heavy (non-hydrogen) atoms. The molecule has 1 rings (SSSR count). The minimum atomic E-state index is -0.979. The van der Waals surface area contributed by atoms with Gasteiger partial charge in [0.15, 0.2) is 5.54 Å². The number of nitrogens with zero attached hydrogens (tertiary/aromatic N) is 2. The van der Waals surface area contributed by atoms with Gasteiger partial charge in [-0.15, -0.1) is 0 Å². The van der Waals surface area contributed by atoms with Crippen molar-refractivity contribution in [2.45, 2.75) is 39.2 Å². The Labute approximate surface area is 83.5 Å². The molecule has 0 saturated carbocycles. The van der Waals surface area contributed by atoms with Crippen molar-refractivity contribution >= 4 is 5.97 Å². The molecule has 1 heterocycles. The van der Waals surface area contributed by atoms with E-state index in [4.69, 9.17) is 5.11 Å². The number of hydrogen-bond acceptors (Lipinski definition) is 2. The van der Waals surface area contributed by atoms with E-state index in [1.54, 1.807) is 20.0 Å². The van der Waals surface area contributed by atoms with Gasteiger partial charge < -0.3 is 5.11 Å². The third-order valence-corrected chi connectivity index (χ3v) is 2.30. The summed E-state index contributed by atoms with van der Waals surface area (Å²) in [6.45, 7) is 7.32. The van der Waals surface area contributed by atoms with E-state index in [2.05, 4.69) is 5.10 Å². The van der Waals surface area contributed by atoms with Gasteiger partial charge in [-0.2, -0.15) is 5.10 Å². The van der Waals surface area contributed by atoms with E-state index in [9.17, 15) is 4.79 Å². The van der Waals surface area contributed by atoms with Crippen molar-refractivity contribution in [1.29, 1.82) is 0 Å². The highest BCUT2D eigenvalue weighted by atomic mass is 16.4. The minimum absolute atomic E-state index is 0.320.